The average molecular weight is 362 g/mol. The molecule has 0 heterocycles. The van der Waals surface area contributed by atoms with E-state index in [1.165, 1.54) is 19.2 Å². The number of aryl methyl sites for hydroxylation is 2. The zero-order valence-electron chi connectivity index (χ0n) is 15.1. The minimum atomic E-state index is -1.09. The molecule has 0 aromatic heterocycles. The second-order valence-corrected chi connectivity index (χ2v) is 6.14. The second-order valence-electron chi connectivity index (χ2n) is 6.14. The molecule has 6 nitrogen and oxygen atoms in total. The lowest BCUT2D eigenvalue weighted by Crippen LogP contribution is -2.29. The lowest BCUT2D eigenvalue weighted by atomic mass is 10.0. The number of hydrogen-bond donors (Lipinski definition) is 4. The predicted octanol–water partition coefficient (Wildman–Crippen LogP) is 2.11. The zero-order valence-corrected chi connectivity index (χ0v) is 15.1. The molecule has 0 spiro atoms. The predicted molar refractivity (Wildman–Crippen MR) is 97.7 cm³/mol. The van der Waals surface area contributed by atoms with Gasteiger partial charge in [-0.15, -0.1) is 0 Å². The van der Waals surface area contributed by atoms with Gasteiger partial charge >= 0.3 is 0 Å². The van der Waals surface area contributed by atoms with Crippen LogP contribution in [0.4, 0.5) is 0 Å². The van der Waals surface area contributed by atoms with Crippen LogP contribution in [0, 0.1) is 6.92 Å². The number of phenols is 1. The molecular formula is C20H26O6. The summed E-state index contributed by atoms with van der Waals surface area (Å²) in [6.07, 6.45) is -0.494. The Bertz CT molecular complexity index is 715. The maximum absolute atomic E-state index is 10.6. The number of aliphatic hydroxyl groups is 3. The van der Waals surface area contributed by atoms with E-state index in [9.17, 15) is 15.3 Å². The van der Waals surface area contributed by atoms with Crippen LogP contribution in [0.3, 0.4) is 0 Å². The van der Waals surface area contributed by atoms with Gasteiger partial charge in [-0.25, -0.2) is 0 Å². The number of aromatic hydroxyl groups is 1. The molecule has 26 heavy (non-hydrogen) atoms. The first-order valence-corrected chi connectivity index (χ1v) is 8.53. The van der Waals surface area contributed by atoms with E-state index in [0.717, 1.165) is 17.5 Å². The van der Waals surface area contributed by atoms with Gasteiger partial charge in [0.25, 0.3) is 0 Å². The molecule has 2 aromatic rings. The Balaban J connectivity index is 2.15. The summed E-state index contributed by atoms with van der Waals surface area (Å²) in [5.41, 5.74) is 2.44. The Morgan fingerprint density at radius 3 is 2.42 bits per heavy atom. The molecule has 0 bridgehead atoms. The molecule has 2 atom stereocenters. The summed E-state index contributed by atoms with van der Waals surface area (Å²) in [5, 5.41) is 38.8. The van der Waals surface area contributed by atoms with Crippen LogP contribution in [0.1, 0.15) is 29.2 Å². The third-order valence-corrected chi connectivity index (χ3v) is 4.22. The van der Waals surface area contributed by atoms with Crippen LogP contribution >= 0.6 is 0 Å². The fourth-order valence-electron chi connectivity index (χ4n) is 2.74. The maximum atomic E-state index is 10.6. The van der Waals surface area contributed by atoms with Crippen LogP contribution in [0.25, 0.3) is 0 Å². The van der Waals surface area contributed by atoms with Crippen molar-refractivity contribution in [3.8, 4) is 17.2 Å². The molecule has 0 amide bonds. The number of benzene rings is 2. The Morgan fingerprint density at radius 1 is 1.04 bits per heavy atom. The van der Waals surface area contributed by atoms with Gasteiger partial charge in [0, 0.05) is 6.61 Å². The van der Waals surface area contributed by atoms with E-state index in [0.29, 0.717) is 17.7 Å². The SMILES string of the molecule is COc1cc([C@H](O)[C@H](CO)Oc2ccc(CCCO)cc2C)ccc1O. The molecule has 0 saturated heterocycles. The first-order valence-electron chi connectivity index (χ1n) is 8.53. The van der Waals surface area contributed by atoms with Gasteiger partial charge in [0.05, 0.1) is 13.7 Å². The van der Waals surface area contributed by atoms with Gasteiger partial charge in [0.2, 0.25) is 0 Å². The molecule has 0 radical (unpaired) electrons. The van der Waals surface area contributed by atoms with E-state index in [1.807, 2.05) is 19.1 Å². The van der Waals surface area contributed by atoms with Crippen molar-refractivity contribution in [2.45, 2.75) is 32.0 Å². The molecule has 0 aliphatic rings. The monoisotopic (exact) mass is 362 g/mol. The van der Waals surface area contributed by atoms with Gasteiger partial charge in [-0.1, -0.05) is 18.2 Å². The molecular weight excluding hydrogens is 336 g/mol. The number of ether oxygens (including phenoxy) is 2. The topological polar surface area (TPSA) is 99.4 Å². The van der Waals surface area contributed by atoms with Crippen LogP contribution < -0.4 is 9.47 Å². The summed E-state index contributed by atoms with van der Waals surface area (Å²) >= 11 is 0. The summed E-state index contributed by atoms with van der Waals surface area (Å²) in [6, 6.07) is 10.2. The average Bonchev–Trinajstić information content (AvgIpc) is 2.65. The fraction of sp³-hybridized carbons (Fsp3) is 0.400. The molecule has 0 fully saturated rings. The molecule has 0 unspecified atom stereocenters. The number of hydrogen-bond acceptors (Lipinski definition) is 6. The number of aliphatic hydroxyl groups excluding tert-OH is 3. The molecule has 6 heteroatoms. The number of phenolic OH excluding ortho intramolecular Hbond substituents is 1. The third-order valence-electron chi connectivity index (χ3n) is 4.22. The Labute approximate surface area is 153 Å². The van der Waals surface area contributed by atoms with Crippen molar-refractivity contribution in [1.82, 2.24) is 0 Å². The minimum Gasteiger partial charge on any atom is -0.504 e. The largest absolute Gasteiger partial charge is 0.504 e. The highest BCUT2D eigenvalue weighted by Gasteiger charge is 2.24. The fourth-order valence-corrected chi connectivity index (χ4v) is 2.74. The highest BCUT2D eigenvalue weighted by atomic mass is 16.5. The highest BCUT2D eigenvalue weighted by molar-refractivity contribution is 5.43. The number of methoxy groups -OCH3 is 1. The van der Waals surface area contributed by atoms with Gasteiger partial charge < -0.3 is 29.9 Å². The minimum absolute atomic E-state index is 0.0285. The number of rotatable bonds is 9. The molecule has 2 aromatic carbocycles. The van der Waals surface area contributed by atoms with Crippen LogP contribution in [-0.2, 0) is 6.42 Å². The molecule has 0 aliphatic heterocycles. The summed E-state index contributed by atoms with van der Waals surface area (Å²) in [7, 11) is 1.42. The van der Waals surface area contributed by atoms with Crippen LogP contribution in [0.15, 0.2) is 36.4 Å². The standard InChI is InChI=1S/C20H26O6/c1-13-10-14(4-3-9-21)5-8-17(13)26-19(12-22)20(24)15-6-7-16(23)18(11-15)25-2/h5-8,10-11,19-24H,3-4,9,12H2,1-2H3/t19-,20-/m0/s1. The van der Waals surface area contributed by atoms with Crippen molar-refractivity contribution >= 4 is 0 Å². The van der Waals surface area contributed by atoms with Crippen LogP contribution in [-0.4, -0.2) is 46.9 Å². The van der Waals surface area contributed by atoms with Crippen molar-refractivity contribution in [2.24, 2.45) is 0 Å². The first-order chi connectivity index (χ1) is 12.5. The quantitative estimate of drug-likeness (QED) is 0.545. The van der Waals surface area contributed by atoms with Crippen molar-refractivity contribution in [3.05, 3.63) is 53.1 Å². The Morgan fingerprint density at radius 2 is 1.81 bits per heavy atom. The third kappa shape index (κ3) is 4.88. The summed E-state index contributed by atoms with van der Waals surface area (Å²) in [5.74, 6) is 0.781. The maximum Gasteiger partial charge on any atom is 0.160 e. The summed E-state index contributed by atoms with van der Waals surface area (Å²) in [4.78, 5) is 0. The summed E-state index contributed by atoms with van der Waals surface area (Å²) in [6.45, 7) is 1.66. The normalized spacial score (nSPS) is 13.3. The van der Waals surface area contributed by atoms with E-state index < -0.39 is 12.2 Å². The molecule has 4 N–H and O–H groups in total. The van der Waals surface area contributed by atoms with Gasteiger partial charge in [0.15, 0.2) is 17.6 Å². The zero-order chi connectivity index (χ0) is 19.1. The van der Waals surface area contributed by atoms with E-state index >= 15 is 0 Å². The van der Waals surface area contributed by atoms with Crippen molar-refractivity contribution in [3.63, 3.8) is 0 Å². The molecule has 0 saturated carbocycles. The Hall–Kier alpha value is -2.28. The lowest BCUT2D eigenvalue weighted by molar-refractivity contribution is 0.000325. The van der Waals surface area contributed by atoms with E-state index in [2.05, 4.69) is 0 Å². The van der Waals surface area contributed by atoms with Crippen molar-refractivity contribution < 1.29 is 29.9 Å². The van der Waals surface area contributed by atoms with E-state index in [1.54, 1.807) is 12.1 Å². The van der Waals surface area contributed by atoms with Crippen molar-refractivity contribution in [2.75, 3.05) is 20.3 Å². The van der Waals surface area contributed by atoms with Gasteiger partial charge in [0.1, 0.15) is 11.9 Å². The molecule has 2 rings (SSSR count). The second kappa shape index (κ2) is 9.43. The highest BCUT2D eigenvalue weighted by Crippen LogP contribution is 2.31. The molecule has 0 aliphatic carbocycles. The molecule has 142 valence electrons. The van der Waals surface area contributed by atoms with Crippen LogP contribution in [0.5, 0.6) is 17.2 Å². The Kier molecular flexibility index (Phi) is 7.26. The lowest BCUT2D eigenvalue weighted by Gasteiger charge is -2.24. The van der Waals surface area contributed by atoms with E-state index in [4.69, 9.17) is 14.6 Å². The van der Waals surface area contributed by atoms with Gasteiger partial charge in [-0.3, -0.25) is 0 Å². The van der Waals surface area contributed by atoms with Crippen LogP contribution in [0.2, 0.25) is 0 Å². The van der Waals surface area contributed by atoms with Gasteiger partial charge in [-0.05, 0) is 54.7 Å². The summed E-state index contributed by atoms with van der Waals surface area (Å²) < 4.78 is 10.9. The van der Waals surface area contributed by atoms with E-state index in [-0.39, 0.29) is 24.7 Å². The smallest absolute Gasteiger partial charge is 0.160 e. The first kappa shape index (κ1) is 20.0. The van der Waals surface area contributed by atoms with Gasteiger partial charge in [-0.2, -0.15) is 0 Å². The van der Waals surface area contributed by atoms with Crippen molar-refractivity contribution in [1.29, 1.82) is 0 Å².